The van der Waals surface area contributed by atoms with E-state index >= 15 is 0 Å². The summed E-state index contributed by atoms with van der Waals surface area (Å²) in [5.74, 6) is 0.995. The van der Waals surface area contributed by atoms with Gasteiger partial charge in [0, 0.05) is 18.6 Å². The molecule has 0 aromatic rings. The first-order valence-electron chi connectivity index (χ1n) is 5.65. The Balaban J connectivity index is 1.74. The zero-order valence-electron chi connectivity index (χ0n) is 8.76. The predicted molar refractivity (Wildman–Crippen MR) is 55.6 cm³/mol. The standard InChI is InChI=1S/C11H22N2/c1-13(8-10-4-5-10)9-11(12)6-2-3-7-11/h10H,2-9,12H2,1H3. The smallest absolute Gasteiger partial charge is 0.0283 e. The van der Waals surface area contributed by atoms with Crippen molar-refractivity contribution in [1.82, 2.24) is 4.90 Å². The van der Waals surface area contributed by atoms with Gasteiger partial charge in [-0.25, -0.2) is 0 Å². The largest absolute Gasteiger partial charge is 0.324 e. The van der Waals surface area contributed by atoms with Crippen molar-refractivity contribution >= 4 is 0 Å². The molecule has 2 aliphatic carbocycles. The van der Waals surface area contributed by atoms with Gasteiger partial charge in [-0.1, -0.05) is 12.8 Å². The lowest BCUT2D eigenvalue weighted by atomic mass is 9.98. The summed E-state index contributed by atoms with van der Waals surface area (Å²) in [6.07, 6.45) is 8.05. The van der Waals surface area contributed by atoms with E-state index in [1.54, 1.807) is 0 Å². The fraction of sp³-hybridized carbons (Fsp3) is 1.00. The van der Waals surface area contributed by atoms with Crippen LogP contribution in [-0.2, 0) is 0 Å². The number of rotatable bonds is 4. The van der Waals surface area contributed by atoms with Gasteiger partial charge in [-0.05, 0) is 38.6 Å². The van der Waals surface area contributed by atoms with Crippen molar-refractivity contribution in [1.29, 1.82) is 0 Å². The molecule has 13 heavy (non-hydrogen) atoms. The van der Waals surface area contributed by atoms with Gasteiger partial charge in [-0.2, -0.15) is 0 Å². The van der Waals surface area contributed by atoms with Crippen LogP contribution < -0.4 is 5.73 Å². The molecule has 0 bridgehead atoms. The van der Waals surface area contributed by atoms with Crippen molar-refractivity contribution in [3.05, 3.63) is 0 Å². The molecule has 2 nitrogen and oxygen atoms in total. The molecule has 2 aliphatic rings. The van der Waals surface area contributed by atoms with Gasteiger partial charge in [-0.15, -0.1) is 0 Å². The summed E-state index contributed by atoms with van der Waals surface area (Å²) < 4.78 is 0. The first-order chi connectivity index (χ1) is 6.18. The second-order valence-electron chi connectivity index (χ2n) is 5.21. The highest BCUT2D eigenvalue weighted by Gasteiger charge is 2.32. The average molecular weight is 182 g/mol. The quantitative estimate of drug-likeness (QED) is 0.715. The van der Waals surface area contributed by atoms with Crippen LogP contribution in [0.2, 0.25) is 0 Å². The van der Waals surface area contributed by atoms with Gasteiger partial charge >= 0.3 is 0 Å². The van der Waals surface area contributed by atoms with Crippen LogP contribution in [0, 0.1) is 5.92 Å². The zero-order valence-corrected chi connectivity index (χ0v) is 8.76. The molecule has 0 heterocycles. The van der Waals surface area contributed by atoms with E-state index in [1.165, 1.54) is 45.1 Å². The summed E-state index contributed by atoms with van der Waals surface area (Å²) in [6, 6.07) is 0. The third-order valence-corrected chi connectivity index (χ3v) is 3.45. The van der Waals surface area contributed by atoms with Crippen molar-refractivity contribution in [3.8, 4) is 0 Å². The molecule has 0 atom stereocenters. The van der Waals surface area contributed by atoms with Crippen LogP contribution in [-0.4, -0.2) is 30.6 Å². The molecule has 0 saturated heterocycles. The number of hydrogen-bond acceptors (Lipinski definition) is 2. The van der Waals surface area contributed by atoms with Gasteiger partial charge in [0.2, 0.25) is 0 Å². The first kappa shape index (κ1) is 9.47. The van der Waals surface area contributed by atoms with Gasteiger partial charge in [0.05, 0.1) is 0 Å². The zero-order chi connectivity index (χ0) is 9.31. The van der Waals surface area contributed by atoms with Gasteiger partial charge in [0.15, 0.2) is 0 Å². The molecule has 2 fully saturated rings. The average Bonchev–Trinajstić information content (AvgIpc) is 2.74. The summed E-state index contributed by atoms with van der Waals surface area (Å²) >= 11 is 0. The van der Waals surface area contributed by atoms with Crippen LogP contribution in [0.3, 0.4) is 0 Å². The Labute approximate surface area is 81.5 Å². The van der Waals surface area contributed by atoms with Gasteiger partial charge in [0.25, 0.3) is 0 Å². The minimum absolute atomic E-state index is 0.156. The van der Waals surface area contributed by atoms with Gasteiger partial charge in [-0.3, -0.25) is 0 Å². The van der Waals surface area contributed by atoms with Crippen molar-refractivity contribution in [2.75, 3.05) is 20.1 Å². The van der Waals surface area contributed by atoms with Crippen molar-refractivity contribution in [3.63, 3.8) is 0 Å². The number of nitrogens with zero attached hydrogens (tertiary/aromatic N) is 1. The molecular weight excluding hydrogens is 160 g/mol. The Morgan fingerprint density at radius 3 is 2.46 bits per heavy atom. The second kappa shape index (κ2) is 3.58. The van der Waals surface area contributed by atoms with Gasteiger partial charge < -0.3 is 10.6 Å². The monoisotopic (exact) mass is 182 g/mol. The van der Waals surface area contributed by atoms with Crippen LogP contribution >= 0.6 is 0 Å². The lowest BCUT2D eigenvalue weighted by Crippen LogP contribution is -2.47. The van der Waals surface area contributed by atoms with E-state index in [0.29, 0.717) is 0 Å². The molecule has 76 valence electrons. The maximum absolute atomic E-state index is 6.31. The molecule has 2 N–H and O–H groups in total. The highest BCUT2D eigenvalue weighted by molar-refractivity contribution is 4.92. The Bertz CT molecular complexity index is 169. The maximum Gasteiger partial charge on any atom is 0.0283 e. The van der Waals surface area contributed by atoms with Crippen LogP contribution in [0.4, 0.5) is 0 Å². The van der Waals surface area contributed by atoms with E-state index in [-0.39, 0.29) is 5.54 Å². The fourth-order valence-corrected chi connectivity index (χ4v) is 2.58. The van der Waals surface area contributed by atoms with E-state index in [2.05, 4.69) is 11.9 Å². The minimum Gasteiger partial charge on any atom is -0.324 e. The predicted octanol–water partition coefficient (Wildman–Crippen LogP) is 1.60. The molecule has 0 aliphatic heterocycles. The minimum atomic E-state index is 0.156. The normalized spacial score (nSPS) is 27.0. The molecule has 0 radical (unpaired) electrons. The summed E-state index contributed by atoms with van der Waals surface area (Å²) in [5.41, 5.74) is 6.47. The topological polar surface area (TPSA) is 29.3 Å². The van der Waals surface area contributed by atoms with E-state index in [0.717, 1.165) is 12.5 Å². The Morgan fingerprint density at radius 2 is 1.92 bits per heavy atom. The van der Waals surface area contributed by atoms with E-state index in [4.69, 9.17) is 5.73 Å². The number of nitrogens with two attached hydrogens (primary N) is 1. The first-order valence-corrected chi connectivity index (χ1v) is 5.65. The number of hydrogen-bond donors (Lipinski definition) is 1. The summed E-state index contributed by atoms with van der Waals surface area (Å²) in [6.45, 7) is 2.39. The fourth-order valence-electron chi connectivity index (χ4n) is 2.58. The Kier molecular flexibility index (Phi) is 2.61. The van der Waals surface area contributed by atoms with Crippen LogP contribution in [0.1, 0.15) is 38.5 Å². The molecule has 0 unspecified atom stereocenters. The summed E-state index contributed by atoms with van der Waals surface area (Å²) in [4.78, 5) is 2.45. The molecule has 0 spiro atoms. The van der Waals surface area contributed by atoms with Gasteiger partial charge in [0.1, 0.15) is 0 Å². The number of likely N-dealkylation sites (N-methyl/N-ethyl adjacent to an activating group) is 1. The van der Waals surface area contributed by atoms with Crippen molar-refractivity contribution in [2.24, 2.45) is 11.7 Å². The highest BCUT2D eigenvalue weighted by Crippen LogP contribution is 2.31. The molecule has 2 saturated carbocycles. The second-order valence-corrected chi connectivity index (χ2v) is 5.21. The summed E-state index contributed by atoms with van der Waals surface area (Å²) in [7, 11) is 2.23. The Hall–Kier alpha value is -0.0800. The third-order valence-electron chi connectivity index (χ3n) is 3.45. The van der Waals surface area contributed by atoms with E-state index in [1.807, 2.05) is 0 Å². The lowest BCUT2D eigenvalue weighted by molar-refractivity contribution is 0.240. The third kappa shape index (κ3) is 2.68. The molecule has 0 amide bonds. The highest BCUT2D eigenvalue weighted by atomic mass is 15.1. The molecular formula is C11H22N2. The van der Waals surface area contributed by atoms with Crippen LogP contribution in [0.5, 0.6) is 0 Å². The molecule has 2 heteroatoms. The maximum atomic E-state index is 6.31. The SMILES string of the molecule is CN(CC1CC1)CC1(N)CCCC1. The van der Waals surface area contributed by atoms with Crippen molar-refractivity contribution < 1.29 is 0 Å². The molecule has 0 aromatic heterocycles. The van der Waals surface area contributed by atoms with Crippen molar-refractivity contribution in [2.45, 2.75) is 44.1 Å². The molecule has 0 aromatic carbocycles. The lowest BCUT2D eigenvalue weighted by Gasteiger charge is -2.29. The van der Waals surface area contributed by atoms with Crippen LogP contribution in [0.15, 0.2) is 0 Å². The van der Waals surface area contributed by atoms with E-state index in [9.17, 15) is 0 Å². The van der Waals surface area contributed by atoms with Crippen LogP contribution in [0.25, 0.3) is 0 Å². The summed E-state index contributed by atoms with van der Waals surface area (Å²) in [5, 5.41) is 0. The van der Waals surface area contributed by atoms with E-state index < -0.39 is 0 Å². The molecule has 2 rings (SSSR count). The Morgan fingerprint density at radius 1 is 1.31 bits per heavy atom.